The predicted molar refractivity (Wildman–Crippen MR) is 141 cm³/mol. The number of nitrogens with zero attached hydrogens (tertiary/aromatic N) is 1. The number of nitrogens with one attached hydrogen (secondary N) is 2. The number of carbonyl (C=O) groups is 1. The fourth-order valence-corrected chi connectivity index (χ4v) is 4.29. The van der Waals surface area contributed by atoms with Gasteiger partial charge in [0.05, 0.1) is 19.8 Å². The van der Waals surface area contributed by atoms with Crippen LogP contribution in [-0.4, -0.2) is 43.4 Å². The Kier molecular flexibility index (Phi) is 9.39. The minimum Gasteiger partial charge on any atom is -0.490 e. The molecule has 3 rings (SSSR count). The van der Waals surface area contributed by atoms with Gasteiger partial charge in [-0.15, -0.1) is 0 Å². The van der Waals surface area contributed by atoms with Gasteiger partial charge in [-0.05, 0) is 95.6 Å². The van der Waals surface area contributed by atoms with Gasteiger partial charge in [0.2, 0.25) is 5.75 Å². The van der Waals surface area contributed by atoms with Gasteiger partial charge in [-0.3, -0.25) is 10.1 Å². The van der Waals surface area contributed by atoms with Crippen molar-refractivity contribution >= 4 is 34.6 Å². The molecule has 2 aromatic carbocycles. The standard InChI is InChI=1S/C26H35N3O4S/c1-5-31-22-16-19(17-23(32-6-2)24(22)33-7-3)25(30)28-26(34)27-20-11-13-21(14-12-20)29-15-9-8-10-18(29)4/h11-14,16-18H,5-10,15H2,1-4H3,(H2,27,28,30,34)/t18-/m0/s1. The highest BCUT2D eigenvalue weighted by atomic mass is 32.1. The first-order valence-electron chi connectivity index (χ1n) is 12.0. The molecule has 1 heterocycles. The van der Waals surface area contributed by atoms with Gasteiger partial charge < -0.3 is 24.4 Å². The van der Waals surface area contributed by atoms with Gasteiger partial charge in [0.15, 0.2) is 16.6 Å². The summed E-state index contributed by atoms with van der Waals surface area (Å²) in [5.41, 5.74) is 2.39. The maximum atomic E-state index is 12.9. The second-order valence-corrected chi connectivity index (χ2v) is 8.50. The molecule has 1 atom stereocenters. The Morgan fingerprint density at radius 1 is 1.00 bits per heavy atom. The number of ether oxygens (including phenoxy) is 3. The van der Waals surface area contributed by atoms with Gasteiger partial charge in [0, 0.05) is 29.5 Å². The summed E-state index contributed by atoms with van der Waals surface area (Å²) in [6, 6.07) is 12.0. The number of amides is 1. The average molecular weight is 486 g/mol. The van der Waals surface area contributed by atoms with Gasteiger partial charge in [0.25, 0.3) is 5.91 Å². The molecule has 184 valence electrons. The van der Waals surface area contributed by atoms with E-state index in [1.807, 2.05) is 32.9 Å². The number of rotatable bonds is 9. The van der Waals surface area contributed by atoms with Crippen molar-refractivity contribution < 1.29 is 19.0 Å². The van der Waals surface area contributed by atoms with Crippen molar-refractivity contribution in [3.8, 4) is 17.2 Å². The van der Waals surface area contributed by atoms with Crippen LogP contribution in [0, 0.1) is 0 Å². The van der Waals surface area contributed by atoms with Crippen molar-refractivity contribution in [1.29, 1.82) is 0 Å². The van der Waals surface area contributed by atoms with Gasteiger partial charge in [-0.2, -0.15) is 0 Å². The molecule has 0 aromatic heterocycles. The van der Waals surface area contributed by atoms with Gasteiger partial charge >= 0.3 is 0 Å². The van der Waals surface area contributed by atoms with Crippen molar-refractivity contribution in [2.75, 3.05) is 36.6 Å². The quantitative estimate of drug-likeness (QED) is 0.462. The van der Waals surface area contributed by atoms with Gasteiger partial charge in [0.1, 0.15) is 0 Å². The number of carbonyl (C=O) groups excluding carboxylic acids is 1. The van der Waals surface area contributed by atoms with Crippen molar-refractivity contribution in [3.05, 3.63) is 42.0 Å². The van der Waals surface area contributed by atoms with Crippen LogP contribution in [0.1, 0.15) is 57.3 Å². The SMILES string of the molecule is CCOc1cc(C(=O)NC(=S)Nc2ccc(N3CCCC[C@@H]3C)cc2)cc(OCC)c1OCC. The predicted octanol–water partition coefficient (Wildman–Crippen LogP) is 5.39. The summed E-state index contributed by atoms with van der Waals surface area (Å²) in [5, 5.41) is 6.04. The molecule has 0 spiro atoms. The Balaban J connectivity index is 1.68. The highest BCUT2D eigenvalue weighted by molar-refractivity contribution is 7.80. The molecule has 0 aliphatic carbocycles. The third-order valence-corrected chi connectivity index (χ3v) is 5.86. The zero-order chi connectivity index (χ0) is 24.5. The summed E-state index contributed by atoms with van der Waals surface area (Å²) in [6.07, 6.45) is 3.73. The Morgan fingerprint density at radius 2 is 1.62 bits per heavy atom. The monoisotopic (exact) mass is 485 g/mol. The van der Waals surface area contributed by atoms with Gasteiger partial charge in [-0.25, -0.2) is 0 Å². The lowest BCUT2D eigenvalue weighted by Gasteiger charge is -2.35. The summed E-state index contributed by atoms with van der Waals surface area (Å²) < 4.78 is 17.1. The van der Waals surface area contributed by atoms with Crippen molar-refractivity contribution in [2.24, 2.45) is 0 Å². The maximum absolute atomic E-state index is 12.9. The summed E-state index contributed by atoms with van der Waals surface area (Å²) in [7, 11) is 0. The first kappa shape index (κ1) is 25.6. The third kappa shape index (κ3) is 6.53. The van der Waals surface area contributed by atoms with Crippen LogP contribution >= 0.6 is 12.2 Å². The smallest absolute Gasteiger partial charge is 0.257 e. The molecule has 7 nitrogen and oxygen atoms in total. The topological polar surface area (TPSA) is 72.1 Å². The van der Waals surface area contributed by atoms with Crippen molar-refractivity contribution in [2.45, 2.75) is 53.0 Å². The number of thiocarbonyl (C=S) groups is 1. The van der Waals surface area contributed by atoms with Gasteiger partial charge in [-0.1, -0.05) is 0 Å². The lowest BCUT2D eigenvalue weighted by atomic mass is 10.0. The van der Waals surface area contributed by atoms with Crippen LogP contribution in [0.5, 0.6) is 17.2 Å². The molecular formula is C26H35N3O4S. The molecule has 0 radical (unpaired) electrons. The molecule has 1 fully saturated rings. The fourth-order valence-electron chi connectivity index (χ4n) is 4.08. The number of anilines is 2. The molecular weight excluding hydrogens is 450 g/mol. The summed E-state index contributed by atoms with van der Waals surface area (Å²) in [6.45, 7) is 10.3. The first-order valence-corrected chi connectivity index (χ1v) is 12.4. The zero-order valence-corrected chi connectivity index (χ0v) is 21.3. The van der Waals surface area contributed by atoms with E-state index < -0.39 is 0 Å². The lowest BCUT2D eigenvalue weighted by molar-refractivity contribution is 0.0976. The summed E-state index contributed by atoms with van der Waals surface area (Å²) >= 11 is 5.38. The molecule has 1 aliphatic heterocycles. The van der Waals surface area contributed by atoms with E-state index in [2.05, 4.69) is 34.6 Å². The van der Waals surface area contributed by atoms with E-state index in [4.69, 9.17) is 26.4 Å². The van der Waals surface area contributed by atoms with E-state index in [-0.39, 0.29) is 11.0 Å². The number of hydrogen-bond acceptors (Lipinski definition) is 6. The lowest BCUT2D eigenvalue weighted by Crippen LogP contribution is -2.37. The Morgan fingerprint density at radius 3 is 2.18 bits per heavy atom. The Hall–Kier alpha value is -3.00. The molecule has 0 bridgehead atoms. The van der Waals surface area contributed by atoms with Crippen LogP contribution in [0.2, 0.25) is 0 Å². The largest absolute Gasteiger partial charge is 0.490 e. The molecule has 0 saturated carbocycles. The van der Waals surface area contributed by atoms with Crippen LogP contribution < -0.4 is 29.7 Å². The second-order valence-electron chi connectivity index (χ2n) is 8.09. The minimum atomic E-state index is -0.360. The zero-order valence-electron chi connectivity index (χ0n) is 20.5. The summed E-state index contributed by atoms with van der Waals surface area (Å²) in [5.74, 6) is 1.05. The Labute approximate surface area is 207 Å². The first-order chi connectivity index (χ1) is 16.5. The Bertz CT molecular complexity index is 954. The number of benzene rings is 2. The van der Waals surface area contributed by atoms with Crippen molar-refractivity contribution in [1.82, 2.24) is 5.32 Å². The third-order valence-electron chi connectivity index (χ3n) is 5.66. The van der Waals surface area contributed by atoms with Crippen LogP contribution in [0.4, 0.5) is 11.4 Å². The molecule has 0 unspecified atom stereocenters. The average Bonchev–Trinajstić information content (AvgIpc) is 2.82. The van der Waals surface area contributed by atoms with E-state index in [1.54, 1.807) is 12.1 Å². The van der Waals surface area contributed by atoms with Crippen LogP contribution in [-0.2, 0) is 0 Å². The van der Waals surface area contributed by atoms with E-state index in [0.717, 1.165) is 12.2 Å². The summed E-state index contributed by atoms with van der Waals surface area (Å²) in [4.78, 5) is 15.4. The van der Waals surface area contributed by atoms with E-state index in [9.17, 15) is 4.79 Å². The highest BCUT2D eigenvalue weighted by Crippen LogP contribution is 2.39. The molecule has 1 amide bonds. The van der Waals surface area contributed by atoms with Crippen LogP contribution in [0.3, 0.4) is 0 Å². The fraction of sp³-hybridized carbons (Fsp3) is 0.462. The van der Waals surface area contributed by atoms with Crippen LogP contribution in [0.25, 0.3) is 0 Å². The molecule has 1 aliphatic rings. The molecule has 2 aromatic rings. The number of hydrogen-bond donors (Lipinski definition) is 2. The van der Waals surface area contributed by atoms with E-state index in [1.165, 1.54) is 24.9 Å². The maximum Gasteiger partial charge on any atom is 0.257 e. The molecule has 34 heavy (non-hydrogen) atoms. The van der Waals surface area contributed by atoms with E-state index >= 15 is 0 Å². The molecule has 8 heteroatoms. The number of piperidine rings is 1. The van der Waals surface area contributed by atoms with Crippen LogP contribution in [0.15, 0.2) is 36.4 Å². The highest BCUT2D eigenvalue weighted by Gasteiger charge is 2.20. The molecule has 2 N–H and O–H groups in total. The normalized spacial score (nSPS) is 15.4. The molecule has 1 saturated heterocycles. The minimum absolute atomic E-state index is 0.217. The van der Waals surface area contributed by atoms with Crippen molar-refractivity contribution in [3.63, 3.8) is 0 Å². The second kappa shape index (κ2) is 12.5. The van der Waals surface area contributed by atoms with E-state index in [0.29, 0.717) is 48.7 Å².